The molecule has 0 aliphatic heterocycles. The van der Waals surface area contributed by atoms with Crippen LogP contribution in [0.4, 0.5) is 5.82 Å². The van der Waals surface area contributed by atoms with Crippen LogP contribution in [0.25, 0.3) is 5.69 Å². The van der Waals surface area contributed by atoms with Gasteiger partial charge in [0.25, 0.3) is 0 Å². The van der Waals surface area contributed by atoms with Crippen LogP contribution in [0.2, 0.25) is 0 Å². The molecule has 0 amide bonds. The summed E-state index contributed by atoms with van der Waals surface area (Å²) in [5.74, 6) is 0.546. The van der Waals surface area contributed by atoms with Gasteiger partial charge in [0.1, 0.15) is 6.07 Å². The van der Waals surface area contributed by atoms with E-state index in [1.807, 2.05) is 26.0 Å². The van der Waals surface area contributed by atoms with Gasteiger partial charge in [-0.15, -0.1) is 15.0 Å². The van der Waals surface area contributed by atoms with E-state index >= 15 is 0 Å². The van der Waals surface area contributed by atoms with Crippen LogP contribution in [0.15, 0.2) is 18.2 Å². The van der Waals surface area contributed by atoms with Crippen molar-refractivity contribution >= 4 is 5.82 Å². The Morgan fingerprint density at radius 3 is 2.74 bits per heavy atom. The van der Waals surface area contributed by atoms with E-state index in [4.69, 9.17) is 5.26 Å². The van der Waals surface area contributed by atoms with Crippen LogP contribution in [0.3, 0.4) is 0 Å². The number of hydrogen-bond donors (Lipinski definition) is 1. The van der Waals surface area contributed by atoms with Gasteiger partial charge in [-0.1, -0.05) is 24.6 Å². The van der Waals surface area contributed by atoms with Gasteiger partial charge in [-0.2, -0.15) is 5.26 Å². The minimum atomic E-state index is 0.327. The first-order valence-corrected chi connectivity index (χ1v) is 6.34. The second kappa shape index (κ2) is 5.53. The molecule has 5 heteroatoms. The number of aryl methyl sites for hydroxylation is 2. The summed E-state index contributed by atoms with van der Waals surface area (Å²) >= 11 is 0. The maximum Gasteiger partial charge on any atom is 0.207 e. The normalized spacial score (nSPS) is 10.2. The number of aromatic nitrogens is 3. The molecule has 19 heavy (non-hydrogen) atoms. The minimum absolute atomic E-state index is 0.327. The number of nitriles is 1. The Kier molecular flexibility index (Phi) is 3.81. The van der Waals surface area contributed by atoms with Gasteiger partial charge in [-0.3, -0.25) is 0 Å². The summed E-state index contributed by atoms with van der Waals surface area (Å²) in [5, 5.41) is 20.8. The first-order valence-electron chi connectivity index (χ1n) is 6.34. The molecule has 5 nitrogen and oxygen atoms in total. The molecule has 0 saturated carbocycles. The Morgan fingerprint density at radius 1 is 1.32 bits per heavy atom. The van der Waals surface area contributed by atoms with Gasteiger partial charge < -0.3 is 5.32 Å². The third kappa shape index (κ3) is 2.74. The SMILES string of the molecule is CCCNc1nn(-c2ccc(C)cc2C)nc1C#N. The van der Waals surface area contributed by atoms with Gasteiger partial charge in [0.2, 0.25) is 5.69 Å². The molecule has 1 aromatic heterocycles. The summed E-state index contributed by atoms with van der Waals surface area (Å²) in [6, 6.07) is 8.12. The predicted molar refractivity (Wildman–Crippen MR) is 74.3 cm³/mol. The summed E-state index contributed by atoms with van der Waals surface area (Å²) in [5.41, 5.74) is 3.50. The third-order valence-corrected chi connectivity index (χ3v) is 2.83. The third-order valence-electron chi connectivity index (χ3n) is 2.83. The van der Waals surface area contributed by atoms with E-state index in [9.17, 15) is 0 Å². The van der Waals surface area contributed by atoms with Crippen molar-refractivity contribution in [1.29, 1.82) is 5.26 Å². The topological polar surface area (TPSA) is 66.5 Å². The summed E-state index contributed by atoms with van der Waals surface area (Å²) in [6.45, 7) is 6.90. The Hall–Kier alpha value is -2.35. The van der Waals surface area contributed by atoms with Crippen molar-refractivity contribution in [2.24, 2.45) is 0 Å². The van der Waals surface area contributed by atoms with Crippen LogP contribution in [-0.2, 0) is 0 Å². The predicted octanol–water partition coefficient (Wildman–Crippen LogP) is 2.58. The van der Waals surface area contributed by atoms with E-state index < -0.39 is 0 Å². The lowest BCUT2D eigenvalue weighted by atomic mass is 10.1. The molecule has 0 fully saturated rings. The molecule has 0 aliphatic rings. The molecule has 0 atom stereocenters. The molecular weight excluding hydrogens is 238 g/mol. The zero-order valence-corrected chi connectivity index (χ0v) is 11.4. The van der Waals surface area contributed by atoms with E-state index in [0.717, 1.165) is 24.2 Å². The first kappa shape index (κ1) is 13.1. The first-order chi connectivity index (χ1) is 9.15. The lowest BCUT2D eigenvalue weighted by Crippen LogP contribution is -2.04. The fraction of sp³-hybridized carbons (Fsp3) is 0.357. The monoisotopic (exact) mass is 255 g/mol. The van der Waals surface area contributed by atoms with E-state index in [1.165, 1.54) is 10.4 Å². The van der Waals surface area contributed by atoms with Gasteiger partial charge in [-0.25, -0.2) is 0 Å². The maximum absolute atomic E-state index is 9.09. The highest BCUT2D eigenvalue weighted by atomic mass is 15.5. The molecule has 2 rings (SSSR count). The van der Waals surface area contributed by atoms with E-state index in [1.54, 1.807) is 0 Å². The van der Waals surface area contributed by atoms with Gasteiger partial charge in [0.05, 0.1) is 5.69 Å². The quantitative estimate of drug-likeness (QED) is 0.911. The van der Waals surface area contributed by atoms with Crippen molar-refractivity contribution in [2.75, 3.05) is 11.9 Å². The smallest absolute Gasteiger partial charge is 0.207 e. The minimum Gasteiger partial charge on any atom is -0.366 e. The Morgan fingerprint density at radius 2 is 2.11 bits per heavy atom. The van der Waals surface area contributed by atoms with Gasteiger partial charge in [0.15, 0.2) is 5.82 Å². The average molecular weight is 255 g/mol. The number of anilines is 1. The van der Waals surface area contributed by atoms with Crippen LogP contribution in [-0.4, -0.2) is 21.5 Å². The Balaban J connectivity index is 2.40. The van der Waals surface area contributed by atoms with Crippen molar-refractivity contribution in [3.8, 4) is 11.8 Å². The molecule has 0 bridgehead atoms. The van der Waals surface area contributed by atoms with E-state index in [0.29, 0.717) is 11.5 Å². The number of nitrogens with one attached hydrogen (secondary N) is 1. The standard InChI is InChI=1S/C14H17N5/c1-4-7-16-14-12(9-15)17-19(18-14)13-6-5-10(2)8-11(13)3/h5-6,8H,4,7H2,1-3H3,(H,16,18). The summed E-state index contributed by atoms with van der Waals surface area (Å²) in [4.78, 5) is 1.52. The van der Waals surface area contributed by atoms with Crippen molar-refractivity contribution in [2.45, 2.75) is 27.2 Å². The fourth-order valence-corrected chi connectivity index (χ4v) is 1.88. The zero-order valence-electron chi connectivity index (χ0n) is 11.4. The molecule has 1 heterocycles. The lowest BCUT2D eigenvalue weighted by molar-refractivity contribution is 0.744. The highest BCUT2D eigenvalue weighted by Crippen LogP contribution is 2.17. The number of benzene rings is 1. The molecule has 0 saturated heterocycles. The molecule has 0 spiro atoms. The summed E-state index contributed by atoms with van der Waals surface area (Å²) in [6.07, 6.45) is 0.974. The number of hydrogen-bond acceptors (Lipinski definition) is 4. The van der Waals surface area contributed by atoms with E-state index in [2.05, 4.69) is 34.6 Å². The second-order valence-electron chi connectivity index (χ2n) is 4.52. The Bertz CT molecular complexity index is 621. The summed E-state index contributed by atoms with van der Waals surface area (Å²) in [7, 11) is 0. The van der Waals surface area contributed by atoms with Crippen LogP contribution in [0.1, 0.15) is 30.2 Å². The molecule has 1 N–H and O–H groups in total. The second-order valence-corrected chi connectivity index (χ2v) is 4.52. The molecule has 0 radical (unpaired) electrons. The van der Waals surface area contributed by atoms with Crippen molar-refractivity contribution in [3.05, 3.63) is 35.0 Å². The van der Waals surface area contributed by atoms with Gasteiger partial charge >= 0.3 is 0 Å². The van der Waals surface area contributed by atoms with Crippen LogP contribution in [0.5, 0.6) is 0 Å². The molecule has 0 unspecified atom stereocenters. The van der Waals surface area contributed by atoms with Crippen LogP contribution in [0, 0.1) is 25.2 Å². The van der Waals surface area contributed by atoms with Crippen LogP contribution < -0.4 is 5.32 Å². The van der Waals surface area contributed by atoms with Gasteiger partial charge in [0, 0.05) is 6.54 Å². The van der Waals surface area contributed by atoms with Crippen molar-refractivity contribution in [1.82, 2.24) is 15.0 Å². The summed E-state index contributed by atoms with van der Waals surface area (Å²) < 4.78 is 0. The Labute approximate surface area is 112 Å². The largest absolute Gasteiger partial charge is 0.366 e. The number of rotatable bonds is 4. The molecule has 98 valence electrons. The average Bonchev–Trinajstić information content (AvgIpc) is 2.79. The van der Waals surface area contributed by atoms with Crippen LogP contribution >= 0.6 is 0 Å². The van der Waals surface area contributed by atoms with E-state index in [-0.39, 0.29) is 0 Å². The number of nitrogens with zero attached hydrogens (tertiary/aromatic N) is 4. The molecule has 0 aliphatic carbocycles. The lowest BCUT2D eigenvalue weighted by Gasteiger charge is -2.04. The van der Waals surface area contributed by atoms with Crippen molar-refractivity contribution in [3.63, 3.8) is 0 Å². The van der Waals surface area contributed by atoms with Crippen molar-refractivity contribution < 1.29 is 0 Å². The molecule has 2 aromatic rings. The molecule has 1 aromatic carbocycles. The maximum atomic E-state index is 9.09. The highest BCUT2D eigenvalue weighted by Gasteiger charge is 2.12. The fourth-order valence-electron chi connectivity index (χ4n) is 1.88. The highest BCUT2D eigenvalue weighted by molar-refractivity contribution is 5.49. The van der Waals surface area contributed by atoms with Gasteiger partial charge in [-0.05, 0) is 31.9 Å². The molecular formula is C14H17N5. The zero-order chi connectivity index (χ0) is 13.8.